The molecule has 0 aliphatic carbocycles. The highest BCUT2D eigenvalue weighted by Gasteiger charge is 2.06. The number of carbonyl (C=O) groups excluding carboxylic acids is 1. The second kappa shape index (κ2) is 5.16. The Balaban J connectivity index is 2.67. The van der Waals surface area contributed by atoms with E-state index in [-0.39, 0.29) is 5.91 Å². The van der Waals surface area contributed by atoms with Crippen LogP contribution in [0.2, 0.25) is 0 Å². The molecule has 1 aromatic heterocycles. The molecule has 0 atom stereocenters. The predicted octanol–water partition coefficient (Wildman–Crippen LogP) is 0.625. The van der Waals surface area contributed by atoms with Gasteiger partial charge in [0, 0.05) is 12.6 Å². The van der Waals surface area contributed by atoms with Gasteiger partial charge in [0.2, 0.25) is 5.88 Å². The molecule has 1 N–H and O–H groups in total. The SMILES string of the molecule is CCNC(=O)c1ccc(OCC)nn1. The van der Waals surface area contributed by atoms with Gasteiger partial charge in [-0.3, -0.25) is 4.79 Å². The van der Waals surface area contributed by atoms with Crippen molar-refractivity contribution in [2.24, 2.45) is 0 Å². The fourth-order valence-corrected chi connectivity index (χ4v) is 0.917. The van der Waals surface area contributed by atoms with Crippen molar-refractivity contribution in [2.75, 3.05) is 13.2 Å². The van der Waals surface area contributed by atoms with Gasteiger partial charge in [-0.05, 0) is 19.9 Å². The van der Waals surface area contributed by atoms with Gasteiger partial charge in [0.15, 0.2) is 5.69 Å². The van der Waals surface area contributed by atoms with Crippen molar-refractivity contribution >= 4 is 5.91 Å². The zero-order valence-electron chi connectivity index (χ0n) is 8.28. The lowest BCUT2D eigenvalue weighted by molar-refractivity contribution is 0.0949. The fraction of sp³-hybridized carbons (Fsp3) is 0.444. The first-order chi connectivity index (χ1) is 6.77. The summed E-state index contributed by atoms with van der Waals surface area (Å²) in [7, 11) is 0. The monoisotopic (exact) mass is 195 g/mol. The molecule has 0 unspecified atom stereocenters. The van der Waals surface area contributed by atoms with Gasteiger partial charge in [-0.15, -0.1) is 10.2 Å². The molecule has 0 fully saturated rings. The smallest absolute Gasteiger partial charge is 0.271 e. The second-order valence-electron chi connectivity index (χ2n) is 2.55. The van der Waals surface area contributed by atoms with Crippen LogP contribution in [0.3, 0.4) is 0 Å². The summed E-state index contributed by atoms with van der Waals surface area (Å²) in [4.78, 5) is 11.3. The Bertz CT molecular complexity index is 297. The van der Waals surface area contributed by atoms with Crippen LogP contribution in [0.15, 0.2) is 12.1 Å². The highest BCUT2D eigenvalue weighted by molar-refractivity contribution is 5.91. The molecule has 0 aliphatic heterocycles. The maximum atomic E-state index is 11.3. The largest absolute Gasteiger partial charge is 0.477 e. The van der Waals surface area contributed by atoms with E-state index in [4.69, 9.17) is 4.74 Å². The van der Waals surface area contributed by atoms with Crippen LogP contribution >= 0.6 is 0 Å². The lowest BCUT2D eigenvalue weighted by Gasteiger charge is -2.02. The number of aromatic nitrogens is 2. The fourth-order valence-electron chi connectivity index (χ4n) is 0.917. The molecule has 0 aromatic carbocycles. The minimum atomic E-state index is -0.219. The number of carbonyl (C=O) groups is 1. The van der Waals surface area contributed by atoms with E-state index in [0.29, 0.717) is 24.7 Å². The molecule has 5 heteroatoms. The summed E-state index contributed by atoms with van der Waals surface area (Å²) in [6.07, 6.45) is 0. The quantitative estimate of drug-likeness (QED) is 0.765. The maximum Gasteiger partial charge on any atom is 0.271 e. The van der Waals surface area contributed by atoms with Gasteiger partial charge in [-0.25, -0.2) is 0 Å². The summed E-state index contributed by atoms with van der Waals surface area (Å²) < 4.78 is 5.10. The molecule has 14 heavy (non-hydrogen) atoms. The Hall–Kier alpha value is -1.65. The standard InChI is InChI=1S/C9H13N3O2/c1-3-10-9(13)7-5-6-8(12-11-7)14-4-2/h5-6H,3-4H2,1-2H3,(H,10,13). The summed E-state index contributed by atoms with van der Waals surface area (Å²) in [5, 5.41) is 10.1. The third-order valence-electron chi connectivity index (χ3n) is 1.50. The summed E-state index contributed by atoms with van der Waals surface area (Å²) in [5.41, 5.74) is 0.301. The molecule has 1 aromatic rings. The summed E-state index contributed by atoms with van der Waals surface area (Å²) in [5.74, 6) is 0.212. The molecule has 0 spiro atoms. The third kappa shape index (κ3) is 2.69. The molecule has 1 rings (SSSR count). The van der Waals surface area contributed by atoms with E-state index in [1.54, 1.807) is 12.1 Å². The number of nitrogens with zero attached hydrogens (tertiary/aromatic N) is 2. The number of rotatable bonds is 4. The average Bonchev–Trinajstić information content (AvgIpc) is 2.20. The van der Waals surface area contributed by atoms with Crippen molar-refractivity contribution in [3.63, 3.8) is 0 Å². The molecular weight excluding hydrogens is 182 g/mol. The van der Waals surface area contributed by atoms with Crippen molar-refractivity contribution in [1.82, 2.24) is 15.5 Å². The lowest BCUT2D eigenvalue weighted by Crippen LogP contribution is -2.23. The molecule has 0 saturated carbocycles. The van der Waals surface area contributed by atoms with Gasteiger partial charge in [0.05, 0.1) is 6.61 Å². The van der Waals surface area contributed by atoms with Gasteiger partial charge in [0.1, 0.15) is 0 Å². The normalized spacial score (nSPS) is 9.57. The van der Waals surface area contributed by atoms with E-state index in [1.807, 2.05) is 13.8 Å². The molecule has 76 valence electrons. The Kier molecular flexibility index (Phi) is 3.84. The number of amides is 1. The Morgan fingerprint density at radius 1 is 1.43 bits per heavy atom. The van der Waals surface area contributed by atoms with E-state index < -0.39 is 0 Å². The van der Waals surface area contributed by atoms with Crippen LogP contribution < -0.4 is 10.1 Å². The summed E-state index contributed by atoms with van der Waals surface area (Å²) in [6, 6.07) is 3.21. The third-order valence-corrected chi connectivity index (χ3v) is 1.50. The van der Waals surface area contributed by atoms with Crippen LogP contribution in [-0.2, 0) is 0 Å². The minimum absolute atomic E-state index is 0.219. The molecule has 0 radical (unpaired) electrons. The molecule has 0 bridgehead atoms. The van der Waals surface area contributed by atoms with Gasteiger partial charge >= 0.3 is 0 Å². The van der Waals surface area contributed by atoms with E-state index in [2.05, 4.69) is 15.5 Å². The Labute approximate surface area is 82.5 Å². The van der Waals surface area contributed by atoms with Crippen LogP contribution in [0.25, 0.3) is 0 Å². The van der Waals surface area contributed by atoms with Crippen LogP contribution in [0.5, 0.6) is 5.88 Å². The van der Waals surface area contributed by atoms with Crippen LogP contribution in [0, 0.1) is 0 Å². The van der Waals surface area contributed by atoms with E-state index >= 15 is 0 Å². The molecule has 5 nitrogen and oxygen atoms in total. The van der Waals surface area contributed by atoms with Crippen LogP contribution in [-0.4, -0.2) is 29.3 Å². The topological polar surface area (TPSA) is 64.1 Å². The maximum absolute atomic E-state index is 11.3. The van der Waals surface area contributed by atoms with E-state index in [9.17, 15) is 4.79 Å². The summed E-state index contributed by atoms with van der Waals surface area (Å²) in [6.45, 7) is 4.82. The first-order valence-electron chi connectivity index (χ1n) is 4.52. The molecule has 0 saturated heterocycles. The van der Waals surface area contributed by atoms with Gasteiger partial charge in [0.25, 0.3) is 5.91 Å². The van der Waals surface area contributed by atoms with Crippen molar-refractivity contribution in [2.45, 2.75) is 13.8 Å². The van der Waals surface area contributed by atoms with Crippen molar-refractivity contribution in [3.8, 4) is 5.88 Å². The highest BCUT2D eigenvalue weighted by atomic mass is 16.5. The van der Waals surface area contributed by atoms with Gasteiger partial charge in [-0.2, -0.15) is 0 Å². The number of hydrogen-bond donors (Lipinski definition) is 1. The predicted molar refractivity (Wildman–Crippen MR) is 51.2 cm³/mol. The highest BCUT2D eigenvalue weighted by Crippen LogP contribution is 2.04. The van der Waals surface area contributed by atoms with Crippen LogP contribution in [0.4, 0.5) is 0 Å². The zero-order chi connectivity index (χ0) is 10.4. The number of ether oxygens (including phenoxy) is 1. The molecule has 1 amide bonds. The van der Waals surface area contributed by atoms with Crippen molar-refractivity contribution < 1.29 is 9.53 Å². The molecule has 0 aliphatic rings. The summed E-state index contributed by atoms with van der Waals surface area (Å²) >= 11 is 0. The second-order valence-corrected chi connectivity index (χ2v) is 2.55. The Morgan fingerprint density at radius 3 is 2.71 bits per heavy atom. The van der Waals surface area contributed by atoms with Crippen LogP contribution in [0.1, 0.15) is 24.3 Å². The van der Waals surface area contributed by atoms with Crippen molar-refractivity contribution in [3.05, 3.63) is 17.8 Å². The first kappa shape index (κ1) is 10.4. The number of nitrogens with one attached hydrogen (secondary N) is 1. The molecular formula is C9H13N3O2. The Morgan fingerprint density at radius 2 is 2.21 bits per heavy atom. The van der Waals surface area contributed by atoms with Crippen molar-refractivity contribution in [1.29, 1.82) is 0 Å². The average molecular weight is 195 g/mol. The van der Waals surface area contributed by atoms with E-state index in [1.165, 1.54) is 0 Å². The zero-order valence-corrected chi connectivity index (χ0v) is 8.28. The van der Waals surface area contributed by atoms with E-state index in [0.717, 1.165) is 0 Å². The molecule has 1 heterocycles. The minimum Gasteiger partial charge on any atom is -0.477 e. The lowest BCUT2D eigenvalue weighted by atomic mass is 10.3. The number of hydrogen-bond acceptors (Lipinski definition) is 4. The van der Waals surface area contributed by atoms with Gasteiger partial charge < -0.3 is 10.1 Å². The first-order valence-corrected chi connectivity index (χ1v) is 4.52. The van der Waals surface area contributed by atoms with Gasteiger partial charge in [-0.1, -0.05) is 0 Å².